The van der Waals surface area contributed by atoms with Crippen molar-refractivity contribution in [2.45, 2.75) is 40.3 Å². The van der Waals surface area contributed by atoms with Crippen LogP contribution in [0.2, 0.25) is 0 Å². The predicted octanol–water partition coefficient (Wildman–Crippen LogP) is 3.97. The van der Waals surface area contributed by atoms with E-state index in [1.54, 1.807) is 0 Å². The maximum absolute atomic E-state index is 12.4. The topological polar surface area (TPSA) is 47.2 Å². The molecule has 108 valence electrons. The highest BCUT2D eigenvalue weighted by atomic mass is 79.9. The van der Waals surface area contributed by atoms with Gasteiger partial charge in [0.2, 0.25) is 0 Å². The molecule has 2 aromatic rings. The van der Waals surface area contributed by atoms with Crippen molar-refractivity contribution in [1.82, 2.24) is 9.88 Å². The largest absolute Gasteiger partial charge is 0.466 e. The van der Waals surface area contributed by atoms with Crippen molar-refractivity contribution in [3.8, 4) is 0 Å². The number of halogens is 1. The van der Waals surface area contributed by atoms with Gasteiger partial charge in [0.25, 0.3) is 5.91 Å². The molecule has 0 bridgehead atoms. The first kappa shape index (κ1) is 14.9. The minimum atomic E-state index is -0.0843. The molecule has 0 aliphatic carbocycles. The van der Waals surface area contributed by atoms with Crippen LogP contribution in [0, 0.1) is 13.8 Å². The number of aryl methyl sites for hydroxylation is 3. The van der Waals surface area contributed by atoms with Gasteiger partial charge in [-0.1, -0.05) is 0 Å². The molecule has 20 heavy (non-hydrogen) atoms. The average Bonchev–Trinajstić information content (AvgIpc) is 2.91. The normalized spacial score (nSPS) is 12.4. The highest BCUT2D eigenvalue weighted by Gasteiger charge is 2.18. The molecule has 1 atom stereocenters. The van der Waals surface area contributed by atoms with Crippen molar-refractivity contribution in [2.75, 3.05) is 0 Å². The molecule has 0 aliphatic rings. The number of amides is 1. The molecule has 0 fully saturated rings. The molecule has 0 spiro atoms. The molecule has 0 radical (unpaired) electrons. The van der Waals surface area contributed by atoms with Crippen molar-refractivity contribution in [1.29, 1.82) is 0 Å². The number of hydrogen-bond acceptors (Lipinski definition) is 2. The molecule has 0 saturated heterocycles. The van der Waals surface area contributed by atoms with E-state index in [1.807, 2.05) is 50.6 Å². The molecule has 0 saturated carbocycles. The Labute approximate surface area is 127 Å². The Morgan fingerprint density at radius 3 is 2.70 bits per heavy atom. The number of carbonyl (C=O) groups is 1. The number of carbonyl (C=O) groups excluding carboxylic acids is 1. The number of aromatic nitrogens is 1. The summed E-state index contributed by atoms with van der Waals surface area (Å²) < 4.78 is 8.33. The summed E-state index contributed by atoms with van der Waals surface area (Å²) in [5.41, 5.74) is 1.67. The van der Waals surface area contributed by atoms with Gasteiger partial charge in [0.15, 0.2) is 0 Å². The first-order valence-corrected chi connectivity index (χ1v) is 7.45. The second-order valence-electron chi connectivity index (χ2n) is 4.89. The summed E-state index contributed by atoms with van der Waals surface area (Å²) in [6, 6.07) is 3.72. The fourth-order valence-corrected chi connectivity index (χ4v) is 2.82. The van der Waals surface area contributed by atoms with Crippen molar-refractivity contribution < 1.29 is 9.21 Å². The summed E-state index contributed by atoms with van der Waals surface area (Å²) >= 11 is 3.40. The van der Waals surface area contributed by atoms with Crippen LogP contribution in [0.25, 0.3) is 0 Å². The van der Waals surface area contributed by atoms with Crippen LogP contribution >= 0.6 is 15.9 Å². The van der Waals surface area contributed by atoms with E-state index in [-0.39, 0.29) is 11.9 Å². The van der Waals surface area contributed by atoms with Crippen LogP contribution in [-0.4, -0.2) is 10.5 Å². The predicted molar refractivity (Wildman–Crippen MR) is 81.9 cm³/mol. The standard InChI is InChI=1S/C15H19BrN2O2/c1-5-18-8-12(16)7-14(18)15(19)17-10(3)13-6-9(2)20-11(13)4/h6-8,10H,5H2,1-4H3,(H,17,19). The zero-order valence-corrected chi connectivity index (χ0v) is 13.7. The van der Waals surface area contributed by atoms with Crippen LogP contribution in [0.5, 0.6) is 0 Å². The Hall–Kier alpha value is -1.49. The Bertz CT molecular complexity index is 628. The lowest BCUT2D eigenvalue weighted by molar-refractivity contribution is 0.0930. The van der Waals surface area contributed by atoms with Crippen LogP contribution < -0.4 is 5.32 Å². The fraction of sp³-hybridized carbons (Fsp3) is 0.400. The number of nitrogens with one attached hydrogen (secondary N) is 1. The number of furan rings is 1. The number of nitrogens with zero attached hydrogens (tertiary/aromatic N) is 1. The molecule has 4 nitrogen and oxygen atoms in total. The Morgan fingerprint density at radius 2 is 2.15 bits per heavy atom. The highest BCUT2D eigenvalue weighted by Crippen LogP contribution is 2.22. The quantitative estimate of drug-likeness (QED) is 0.916. The van der Waals surface area contributed by atoms with E-state index in [0.29, 0.717) is 5.69 Å². The van der Waals surface area contributed by atoms with Gasteiger partial charge >= 0.3 is 0 Å². The van der Waals surface area contributed by atoms with Crippen LogP contribution in [0.4, 0.5) is 0 Å². The van der Waals surface area contributed by atoms with E-state index in [1.165, 1.54) is 0 Å². The minimum absolute atomic E-state index is 0.0803. The first-order valence-electron chi connectivity index (χ1n) is 6.65. The van der Waals surface area contributed by atoms with Crippen molar-refractivity contribution in [3.05, 3.63) is 45.6 Å². The van der Waals surface area contributed by atoms with E-state index in [0.717, 1.165) is 28.1 Å². The van der Waals surface area contributed by atoms with Gasteiger partial charge in [-0.05, 0) is 55.8 Å². The van der Waals surface area contributed by atoms with Crippen LogP contribution in [-0.2, 0) is 6.54 Å². The lowest BCUT2D eigenvalue weighted by Crippen LogP contribution is -2.28. The van der Waals surface area contributed by atoms with Crippen LogP contribution in [0.15, 0.2) is 27.2 Å². The highest BCUT2D eigenvalue weighted by molar-refractivity contribution is 9.10. The third-order valence-electron chi connectivity index (χ3n) is 3.33. The zero-order valence-electron chi connectivity index (χ0n) is 12.2. The molecule has 0 aliphatic heterocycles. The lowest BCUT2D eigenvalue weighted by atomic mass is 10.1. The smallest absolute Gasteiger partial charge is 0.268 e. The molecule has 2 heterocycles. The second kappa shape index (κ2) is 5.87. The SMILES string of the molecule is CCn1cc(Br)cc1C(=O)NC(C)c1cc(C)oc1C. The minimum Gasteiger partial charge on any atom is -0.466 e. The maximum atomic E-state index is 12.4. The molecular formula is C15H19BrN2O2. The van der Waals surface area contributed by atoms with Crippen molar-refractivity contribution in [2.24, 2.45) is 0 Å². The van der Waals surface area contributed by atoms with E-state index < -0.39 is 0 Å². The van der Waals surface area contributed by atoms with E-state index in [4.69, 9.17) is 4.42 Å². The van der Waals surface area contributed by atoms with Crippen molar-refractivity contribution in [3.63, 3.8) is 0 Å². The van der Waals surface area contributed by atoms with Crippen LogP contribution in [0.3, 0.4) is 0 Å². The Kier molecular flexibility index (Phi) is 4.38. The monoisotopic (exact) mass is 338 g/mol. The fourth-order valence-electron chi connectivity index (χ4n) is 2.36. The zero-order chi connectivity index (χ0) is 14.9. The van der Waals surface area contributed by atoms with Gasteiger partial charge in [-0.15, -0.1) is 0 Å². The summed E-state index contributed by atoms with van der Waals surface area (Å²) in [4.78, 5) is 12.4. The molecule has 5 heteroatoms. The maximum Gasteiger partial charge on any atom is 0.268 e. The van der Waals surface area contributed by atoms with Crippen LogP contribution in [0.1, 0.15) is 47.5 Å². The van der Waals surface area contributed by atoms with E-state index in [2.05, 4.69) is 21.2 Å². The van der Waals surface area contributed by atoms with Gasteiger partial charge in [0.1, 0.15) is 17.2 Å². The first-order chi connectivity index (χ1) is 9.42. The number of rotatable bonds is 4. The summed E-state index contributed by atoms with van der Waals surface area (Å²) in [7, 11) is 0. The van der Waals surface area contributed by atoms with Gasteiger partial charge in [-0.2, -0.15) is 0 Å². The number of hydrogen-bond donors (Lipinski definition) is 1. The third kappa shape index (κ3) is 2.98. The molecule has 1 N–H and O–H groups in total. The lowest BCUT2D eigenvalue weighted by Gasteiger charge is -2.14. The van der Waals surface area contributed by atoms with E-state index >= 15 is 0 Å². The van der Waals surface area contributed by atoms with Crippen molar-refractivity contribution >= 4 is 21.8 Å². The van der Waals surface area contributed by atoms with Gasteiger partial charge in [-0.3, -0.25) is 4.79 Å². The summed E-state index contributed by atoms with van der Waals surface area (Å²) in [6.45, 7) is 8.55. The van der Waals surface area contributed by atoms with Gasteiger partial charge < -0.3 is 14.3 Å². The Balaban J connectivity index is 2.17. The molecule has 1 unspecified atom stereocenters. The molecular weight excluding hydrogens is 320 g/mol. The van der Waals surface area contributed by atoms with Gasteiger partial charge in [-0.25, -0.2) is 0 Å². The Morgan fingerprint density at radius 1 is 1.45 bits per heavy atom. The second-order valence-corrected chi connectivity index (χ2v) is 5.81. The van der Waals surface area contributed by atoms with Gasteiger partial charge in [0, 0.05) is 22.8 Å². The molecule has 0 aromatic carbocycles. The summed E-state index contributed by atoms with van der Waals surface area (Å²) in [5.74, 6) is 1.63. The average molecular weight is 339 g/mol. The third-order valence-corrected chi connectivity index (χ3v) is 3.76. The molecule has 1 amide bonds. The summed E-state index contributed by atoms with van der Waals surface area (Å²) in [5, 5.41) is 3.01. The molecule has 2 rings (SSSR count). The van der Waals surface area contributed by atoms with Gasteiger partial charge in [0.05, 0.1) is 6.04 Å². The molecule has 2 aromatic heterocycles. The summed E-state index contributed by atoms with van der Waals surface area (Å²) in [6.07, 6.45) is 1.91. The van der Waals surface area contributed by atoms with E-state index in [9.17, 15) is 4.79 Å².